The van der Waals surface area contributed by atoms with E-state index in [1.165, 1.54) is 6.33 Å². The molecule has 0 saturated heterocycles. The van der Waals surface area contributed by atoms with Crippen LogP contribution in [0.4, 0.5) is 10.6 Å². The summed E-state index contributed by atoms with van der Waals surface area (Å²) in [4.78, 5) is 32.6. The quantitative estimate of drug-likeness (QED) is 0.936. The van der Waals surface area contributed by atoms with Crippen molar-refractivity contribution in [3.05, 3.63) is 30.6 Å². The Hall–Kier alpha value is -2.70. The molecule has 0 radical (unpaired) electrons. The van der Waals surface area contributed by atoms with Crippen molar-refractivity contribution in [3.63, 3.8) is 0 Å². The minimum Gasteiger partial charge on any atom is -0.480 e. The van der Waals surface area contributed by atoms with Crippen molar-refractivity contribution in [3.8, 4) is 0 Å². The zero-order chi connectivity index (χ0) is 16.3. The molecule has 1 N–H and O–H groups in total. The summed E-state index contributed by atoms with van der Waals surface area (Å²) in [5.41, 5.74) is -0.122. The van der Waals surface area contributed by atoms with Crippen LogP contribution in [0.1, 0.15) is 20.8 Å². The van der Waals surface area contributed by atoms with Crippen LogP contribution >= 0.6 is 0 Å². The van der Waals surface area contributed by atoms with Gasteiger partial charge in [0.15, 0.2) is 0 Å². The monoisotopic (exact) mass is 303 g/mol. The van der Waals surface area contributed by atoms with Gasteiger partial charge < -0.3 is 9.84 Å². The fourth-order valence-corrected chi connectivity index (χ4v) is 1.88. The highest BCUT2D eigenvalue weighted by molar-refractivity contribution is 6.00. The topological polar surface area (TPSA) is 92.6 Å². The average Bonchev–Trinajstić information content (AvgIpc) is 2.42. The highest BCUT2D eigenvalue weighted by Crippen LogP contribution is 2.24. The lowest BCUT2D eigenvalue weighted by Crippen LogP contribution is -2.40. The number of amides is 1. The largest absolute Gasteiger partial charge is 0.480 e. The predicted octanol–water partition coefficient (Wildman–Crippen LogP) is 2.46. The second kappa shape index (κ2) is 5.97. The van der Waals surface area contributed by atoms with E-state index >= 15 is 0 Å². The van der Waals surface area contributed by atoms with E-state index in [4.69, 9.17) is 9.84 Å². The fourth-order valence-electron chi connectivity index (χ4n) is 1.88. The molecule has 1 heterocycles. The Bertz CT molecular complexity index is 704. The number of hydrogen-bond donors (Lipinski definition) is 1. The van der Waals surface area contributed by atoms with Crippen molar-refractivity contribution in [1.82, 2.24) is 9.97 Å². The number of fused-ring (bicyclic) bond motifs is 1. The van der Waals surface area contributed by atoms with E-state index in [0.717, 1.165) is 4.90 Å². The van der Waals surface area contributed by atoms with Crippen molar-refractivity contribution in [1.29, 1.82) is 0 Å². The van der Waals surface area contributed by atoms with Gasteiger partial charge in [-0.25, -0.2) is 19.7 Å². The SMILES string of the molecule is CC(C)(C)OC(=O)N(CC(=O)O)c1ncnc2ccccc12. The second-order valence-electron chi connectivity index (χ2n) is 5.67. The molecule has 0 spiro atoms. The van der Waals surface area contributed by atoms with Gasteiger partial charge in [0, 0.05) is 5.39 Å². The van der Waals surface area contributed by atoms with E-state index < -0.39 is 24.2 Å². The van der Waals surface area contributed by atoms with Crippen molar-refractivity contribution < 1.29 is 19.4 Å². The van der Waals surface area contributed by atoms with Crippen LogP contribution in [-0.2, 0) is 9.53 Å². The molecule has 2 aromatic rings. The summed E-state index contributed by atoms with van der Waals surface area (Å²) in [5, 5.41) is 9.65. The van der Waals surface area contributed by atoms with Crippen LogP contribution in [0.15, 0.2) is 30.6 Å². The lowest BCUT2D eigenvalue weighted by molar-refractivity contribution is -0.135. The normalized spacial score (nSPS) is 11.2. The Morgan fingerprint density at radius 3 is 2.55 bits per heavy atom. The van der Waals surface area contributed by atoms with Crippen LogP contribution in [0.3, 0.4) is 0 Å². The molecule has 2 rings (SSSR count). The minimum atomic E-state index is -1.16. The number of carboxylic acid groups (broad SMARTS) is 1. The summed E-state index contributed by atoms with van der Waals surface area (Å²) in [6.45, 7) is 4.59. The second-order valence-corrected chi connectivity index (χ2v) is 5.67. The van der Waals surface area contributed by atoms with Gasteiger partial charge in [0.2, 0.25) is 0 Å². The zero-order valence-electron chi connectivity index (χ0n) is 12.6. The van der Waals surface area contributed by atoms with Crippen molar-refractivity contribution in [2.75, 3.05) is 11.4 Å². The number of hydrogen-bond acceptors (Lipinski definition) is 5. The molecule has 0 aliphatic carbocycles. The summed E-state index contributed by atoms with van der Waals surface area (Å²) in [6.07, 6.45) is 0.524. The maximum Gasteiger partial charge on any atom is 0.416 e. The lowest BCUT2D eigenvalue weighted by Gasteiger charge is -2.26. The van der Waals surface area contributed by atoms with Crippen LogP contribution in [0.5, 0.6) is 0 Å². The highest BCUT2D eigenvalue weighted by atomic mass is 16.6. The molecule has 0 aliphatic heterocycles. The summed E-state index contributed by atoms with van der Waals surface area (Å²) < 4.78 is 5.27. The first-order valence-corrected chi connectivity index (χ1v) is 6.70. The Kier molecular flexibility index (Phi) is 4.25. The Morgan fingerprint density at radius 1 is 1.23 bits per heavy atom. The average molecular weight is 303 g/mol. The third kappa shape index (κ3) is 3.69. The third-order valence-electron chi connectivity index (χ3n) is 2.68. The molecular weight excluding hydrogens is 286 g/mol. The summed E-state index contributed by atoms with van der Waals surface area (Å²) in [7, 11) is 0. The number of aliphatic carboxylic acids is 1. The standard InChI is InChI=1S/C15H17N3O4/c1-15(2,3)22-14(21)18(8-12(19)20)13-10-6-4-5-7-11(10)16-9-17-13/h4-7,9H,8H2,1-3H3,(H,19,20). The number of rotatable bonds is 3. The molecule has 1 amide bonds. The lowest BCUT2D eigenvalue weighted by atomic mass is 10.2. The van der Waals surface area contributed by atoms with Gasteiger partial charge in [-0.05, 0) is 32.9 Å². The number of carbonyl (C=O) groups is 2. The molecule has 22 heavy (non-hydrogen) atoms. The van der Waals surface area contributed by atoms with Gasteiger partial charge in [-0.1, -0.05) is 12.1 Å². The summed E-state index contributed by atoms with van der Waals surface area (Å²) in [5.74, 6) is -0.948. The maximum atomic E-state index is 12.3. The van der Waals surface area contributed by atoms with E-state index in [2.05, 4.69) is 9.97 Å². The first-order chi connectivity index (χ1) is 10.3. The van der Waals surface area contributed by atoms with Gasteiger partial charge >= 0.3 is 12.1 Å². The minimum absolute atomic E-state index is 0.210. The van der Waals surface area contributed by atoms with Crippen LogP contribution in [-0.4, -0.2) is 39.3 Å². The summed E-state index contributed by atoms with van der Waals surface area (Å²) >= 11 is 0. The molecule has 0 atom stereocenters. The molecule has 1 aromatic heterocycles. The molecule has 0 unspecified atom stereocenters. The number of anilines is 1. The van der Waals surface area contributed by atoms with Crippen LogP contribution < -0.4 is 4.90 Å². The molecule has 7 nitrogen and oxygen atoms in total. The maximum absolute atomic E-state index is 12.3. The fraction of sp³-hybridized carbons (Fsp3) is 0.333. The van der Waals surface area contributed by atoms with E-state index in [0.29, 0.717) is 10.9 Å². The molecule has 0 aliphatic rings. The molecule has 1 aromatic carbocycles. The van der Waals surface area contributed by atoms with Gasteiger partial charge in [0.05, 0.1) is 5.52 Å². The third-order valence-corrected chi connectivity index (χ3v) is 2.68. The van der Waals surface area contributed by atoms with Gasteiger partial charge in [-0.3, -0.25) is 4.79 Å². The molecule has 116 valence electrons. The van der Waals surface area contributed by atoms with Gasteiger partial charge in [-0.15, -0.1) is 0 Å². The number of carboxylic acids is 1. The van der Waals surface area contributed by atoms with Crippen LogP contribution in [0, 0.1) is 0 Å². The van der Waals surface area contributed by atoms with E-state index in [9.17, 15) is 9.59 Å². The molecule has 0 saturated carbocycles. The van der Waals surface area contributed by atoms with Gasteiger partial charge in [0.1, 0.15) is 24.3 Å². The Labute approximate surface area is 127 Å². The van der Waals surface area contributed by atoms with Crippen molar-refractivity contribution >= 4 is 28.8 Å². The number of benzene rings is 1. The highest BCUT2D eigenvalue weighted by Gasteiger charge is 2.27. The molecule has 7 heteroatoms. The predicted molar refractivity (Wildman–Crippen MR) is 80.8 cm³/mol. The molecule has 0 fully saturated rings. The van der Waals surface area contributed by atoms with E-state index in [1.54, 1.807) is 45.0 Å². The number of nitrogens with zero attached hydrogens (tertiary/aromatic N) is 3. The Morgan fingerprint density at radius 2 is 1.91 bits per heavy atom. The number of aromatic nitrogens is 2. The zero-order valence-corrected chi connectivity index (χ0v) is 12.6. The number of ether oxygens (including phenoxy) is 1. The van der Waals surface area contributed by atoms with Crippen LogP contribution in [0.25, 0.3) is 10.9 Å². The van der Waals surface area contributed by atoms with Crippen molar-refractivity contribution in [2.45, 2.75) is 26.4 Å². The van der Waals surface area contributed by atoms with E-state index in [-0.39, 0.29) is 5.82 Å². The Balaban J connectivity index is 2.48. The van der Waals surface area contributed by atoms with Crippen LogP contribution in [0.2, 0.25) is 0 Å². The smallest absolute Gasteiger partial charge is 0.416 e. The number of carbonyl (C=O) groups excluding carboxylic acids is 1. The first kappa shape index (κ1) is 15.7. The molecule has 0 bridgehead atoms. The first-order valence-electron chi connectivity index (χ1n) is 6.70. The summed E-state index contributed by atoms with van der Waals surface area (Å²) in [6, 6.07) is 7.05. The van der Waals surface area contributed by atoms with Gasteiger partial charge in [0.25, 0.3) is 0 Å². The van der Waals surface area contributed by atoms with E-state index in [1.807, 2.05) is 0 Å². The van der Waals surface area contributed by atoms with Gasteiger partial charge in [-0.2, -0.15) is 0 Å². The molecular formula is C15H17N3O4. The van der Waals surface area contributed by atoms with Crippen molar-refractivity contribution in [2.24, 2.45) is 0 Å². The number of para-hydroxylation sites is 1.